The molecule has 1 nitrogen and oxygen atoms in total. The van der Waals surface area contributed by atoms with Crippen LogP contribution < -0.4 is 0 Å². The second-order valence-electron chi connectivity index (χ2n) is 5.86. The molecule has 1 aromatic carbocycles. The smallest absolute Gasteiger partial charge is 0.0624 e. The molecule has 0 N–H and O–H groups in total. The summed E-state index contributed by atoms with van der Waals surface area (Å²) in [5, 5.41) is 8.77. The third-order valence-electron chi connectivity index (χ3n) is 4.28. The summed E-state index contributed by atoms with van der Waals surface area (Å²) in [7, 11) is 0. The number of hydrogen-bond donors (Lipinski definition) is 0. The van der Waals surface area contributed by atoms with Crippen molar-refractivity contribution >= 4 is 0 Å². The van der Waals surface area contributed by atoms with E-state index in [4.69, 9.17) is 5.26 Å². The van der Waals surface area contributed by atoms with E-state index in [9.17, 15) is 0 Å². The van der Waals surface area contributed by atoms with Crippen LogP contribution in [0.25, 0.3) is 0 Å². The van der Waals surface area contributed by atoms with Crippen LogP contribution in [0, 0.1) is 17.2 Å². The maximum atomic E-state index is 8.77. The zero-order chi connectivity index (χ0) is 13.0. The van der Waals surface area contributed by atoms with Crippen molar-refractivity contribution in [3.63, 3.8) is 0 Å². The fourth-order valence-electron chi connectivity index (χ4n) is 3.22. The lowest BCUT2D eigenvalue weighted by Crippen LogP contribution is -2.14. The van der Waals surface area contributed by atoms with Gasteiger partial charge in [-0.05, 0) is 54.6 Å². The lowest BCUT2D eigenvalue weighted by atomic mass is 9.75. The summed E-state index contributed by atoms with van der Waals surface area (Å²) in [6.45, 7) is 4.56. The Morgan fingerprint density at radius 2 is 1.83 bits per heavy atom. The SMILES string of the molecule is CC(C)c1ccccc1C1CCC(CC#N)CC1. The Hall–Kier alpha value is -1.29. The van der Waals surface area contributed by atoms with Gasteiger partial charge < -0.3 is 0 Å². The van der Waals surface area contributed by atoms with Crippen LogP contribution in [0.2, 0.25) is 0 Å². The minimum absolute atomic E-state index is 0.609. The fourth-order valence-corrected chi connectivity index (χ4v) is 3.22. The fraction of sp³-hybridized carbons (Fsp3) is 0.588. The summed E-state index contributed by atoms with van der Waals surface area (Å²) < 4.78 is 0. The number of rotatable bonds is 3. The molecule has 1 fully saturated rings. The molecule has 1 aliphatic carbocycles. The van der Waals surface area contributed by atoms with Gasteiger partial charge in [0.1, 0.15) is 0 Å². The summed E-state index contributed by atoms with van der Waals surface area (Å²) >= 11 is 0. The Labute approximate surface area is 111 Å². The molecule has 0 unspecified atom stereocenters. The van der Waals surface area contributed by atoms with Crippen LogP contribution in [-0.4, -0.2) is 0 Å². The highest BCUT2D eigenvalue weighted by Crippen LogP contribution is 2.39. The van der Waals surface area contributed by atoms with Gasteiger partial charge >= 0.3 is 0 Å². The van der Waals surface area contributed by atoms with Crippen LogP contribution in [-0.2, 0) is 0 Å². The minimum atomic E-state index is 0.609. The van der Waals surface area contributed by atoms with E-state index in [0.29, 0.717) is 11.8 Å². The Balaban J connectivity index is 2.08. The molecule has 0 heterocycles. The molecule has 0 aliphatic heterocycles. The van der Waals surface area contributed by atoms with Gasteiger partial charge in [-0.25, -0.2) is 0 Å². The molecule has 0 atom stereocenters. The molecule has 0 amide bonds. The van der Waals surface area contributed by atoms with Gasteiger partial charge in [0, 0.05) is 6.42 Å². The molecule has 0 bridgehead atoms. The molecule has 1 saturated carbocycles. The van der Waals surface area contributed by atoms with Crippen LogP contribution in [0.3, 0.4) is 0 Å². The van der Waals surface area contributed by atoms with E-state index in [1.165, 1.54) is 31.2 Å². The topological polar surface area (TPSA) is 23.8 Å². The lowest BCUT2D eigenvalue weighted by Gasteiger charge is -2.29. The molecule has 0 aromatic heterocycles. The third-order valence-corrected chi connectivity index (χ3v) is 4.28. The van der Waals surface area contributed by atoms with Crippen molar-refractivity contribution in [2.24, 2.45) is 5.92 Å². The van der Waals surface area contributed by atoms with Crippen molar-refractivity contribution < 1.29 is 0 Å². The standard InChI is InChI=1S/C17H23N/c1-13(2)16-5-3-4-6-17(16)15-9-7-14(8-10-15)11-12-18/h3-6,13-15H,7-11H2,1-2H3. The van der Waals surface area contributed by atoms with Gasteiger partial charge in [0.15, 0.2) is 0 Å². The molecular formula is C17H23N. The van der Waals surface area contributed by atoms with Crippen LogP contribution >= 0.6 is 0 Å². The summed E-state index contributed by atoms with van der Waals surface area (Å²) in [5.41, 5.74) is 3.07. The van der Waals surface area contributed by atoms with Crippen molar-refractivity contribution in [3.8, 4) is 6.07 Å². The Morgan fingerprint density at radius 3 is 2.44 bits per heavy atom. The molecule has 0 saturated heterocycles. The zero-order valence-corrected chi connectivity index (χ0v) is 11.5. The largest absolute Gasteiger partial charge is 0.198 e. The highest BCUT2D eigenvalue weighted by Gasteiger charge is 2.24. The molecule has 18 heavy (non-hydrogen) atoms. The second kappa shape index (κ2) is 6.05. The van der Waals surface area contributed by atoms with Crippen LogP contribution in [0.15, 0.2) is 24.3 Å². The summed E-state index contributed by atoms with van der Waals surface area (Å²) in [6.07, 6.45) is 5.72. The lowest BCUT2D eigenvalue weighted by molar-refractivity contribution is 0.329. The molecule has 0 spiro atoms. The number of nitriles is 1. The van der Waals surface area contributed by atoms with E-state index in [1.807, 2.05) is 0 Å². The first kappa shape index (κ1) is 13.1. The van der Waals surface area contributed by atoms with Gasteiger partial charge in [0.2, 0.25) is 0 Å². The van der Waals surface area contributed by atoms with Crippen molar-refractivity contribution in [2.45, 2.75) is 57.8 Å². The van der Waals surface area contributed by atoms with E-state index in [1.54, 1.807) is 5.56 Å². The normalized spacial score (nSPS) is 23.9. The molecule has 2 rings (SSSR count). The highest BCUT2D eigenvalue weighted by atomic mass is 14.3. The van der Waals surface area contributed by atoms with Crippen LogP contribution in [0.5, 0.6) is 0 Å². The van der Waals surface area contributed by atoms with E-state index in [-0.39, 0.29) is 0 Å². The van der Waals surface area contributed by atoms with E-state index in [0.717, 1.165) is 12.3 Å². The van der Waals surface area contributed by atoms with Gasteiger partial charge in [0.25, 0.3) is 0 Å². The van der Waals surface area contributed by atoms with Gasteiger partial charge in [-0.1, -0.05) is 38.1 Å². The molecule has 0 radical (unpaired) electrons. The predicted octanol–water partition coefficient (Wildman–Crippen LogP) is 5.00. The Bertz CT molecular complexity index is 419. The van der Waals surface area contributed by atoms with Gasteiger partial charge in [-0.2, -0.15) is 5.26 Å². The predicted molar refractivity (Wildman–Crippen MR) is 75.5 cm³/mol. The Kier molecular flexibility index (Phi) is 4.42. The molecular weight excluding hydrogens is 218 g/mol. The maximum absolute atomic E-state index is 8.77. The van der Waals surface area contributed by atoms with Gasteiger partial charge in [-0.3, -0.25) is 0 Å². The summed E-state index contributed by atoms with van der Waals surface area (Å²) in [5.74, 6) is 1.98. The molecule has 1 aliphatic rings. The molecule has 96 valence electrons. The monoisotopic (exact) mass is 241 g/mol. The average molecular weight is 241 g/mol. The van der Waals surface area contributed by atoms with E-state index < -0.39 is 0 Å². The number of benzene rings is 1. The van der Waals surface area contributed by atoms with E-state index >= 15 is 0 Å². The summed E-state index contributed by atoms with van der Waals surface area (Å²) in [6, 6.07) is 11.2. The number of nitrogens with zero attached hydrogens (tertiary/aromatic N) is 1. The first-order chi connectivity index (χ1) is 8.72. The van der Waals surface area contributed by atoms with Gasteiger partial charge in [-0.15, -0.1) is 0 Å². The van der Waals surface area contributed by atoms with Crippen molar-refractivity contribution in [1.29, 1.82) is 5.26 Å². The summed E-state index contributed by atoms with van der Waals surface area (Å²) in [4.78, 5) is 0. The van der Waals surface area contributed by atoms with Crippen molar-refractivity contribution in [3.05, 3.63) is 35.4 Å². The average Bonchev–Trinajstić information content (AvgIpc) is 2.40. The maximum Gasteiger partial charge on any atom is 0.0624 e. The van der Waals surface area contributed by atoms with E-state index in [2.05, 4.69) is 44.2 Å². The number of hydrogen-bond acceptors (Lipinski definition) is 1. The third kappa shape index (κ3) is 2.93. The highest BCUT2D eigenvalue weighted by molar-refractivity contribution is 5.33. The second-order valence-corrected chi connectivity index (χ2v) is 5.86. The first-order valence-electron chi connectivity index (χ1n) is 7.18. The molecule has 1 aromatic rings. The zero-order valence-electron chi connectivity index (χ0n) is 11.5. The quantitative estimate of drug-likeness (QED) is 0.730. The van der Waals surface area contributed by atoms with Crippen molar-refractivity contribution in [1.82, 2.24) is 0 Å². The Morgan fingerprint density at radius 1 is 1.17 bits per heavy atom. The van der Waals surface area contributed by atoms with Crippen molar-refractivity contribution in [2.75, 3.05) is 0 Å². The van der Waals surface area contributed by atoms with Gasteiger partial charge in [0.05, 0.1) is 6.07 Å². The molecule has 1 heteroatoms. The minimum Gasteiger partial charge on any atom is -0.198 e. The van der Waals surface area contributed by atoms with Crippen LogP contribution in [0.4, 0.5) is 0 Å². The van der Waals surface area contributed by atoms with Crippen LogP contribution in [0.1, 0.15) is 68.9 Å². The first-order valence-corrected chi connectivity index (χ1v) is 7.18.